The van der Waals surface area contributed by atoms with Crippen LogP contribution in [0.25, 0.3) is 32.4 Å². The molecule has 0 atom stereocenters. The summed E-state index contributed by atoms with van der Waals surface area (Å²) in [5.74, 6) is 0. The largest absolute Gasteiger partial charge is 0.401 e. The Balaban J connectivity index is 1.88. The minimum atomic E-state index is 0.688. The summed E-state index contributed by atoms with van der Waals surface area (Å²) in [6, 6.07) is 25.7. The lowest BCUT2D eigenvalue weighted by Crippen LogP contribution is -1.73. The van der Waals surface area contributed by atoms with Crippen molar-refractivity contribution in [1.82, 2.24) is 0 Å². The Morgan fingerprint density at radius 2 is 1.33 bits per heavy atom. The molecule has 2 heterocycles. The van der Waals surface area contributed by atoms with Crippen molar-refractivity contribution < 1.29 is 13.0 Å². The molecule has 4 aromatic rings. The minimum absolute atomic E-state index is 0.688. The first-order valence-electron chi connectivity index (χ1n) is 7.53. The molecule has 0 fully saturated rings. The standard InChI is InChI=1S/C20H14O3S/c1-3-9-18-16(7-1)12-13-17(14-21-22-18)20-11-5-8-15-6-2-4-10-19(15)23-24-20/h1-14H. The summed E-state index contributed by atoms with van der Waals surface area (Å²) in [6.45, 7) is 0. The fourth-order valence-electron chi connectivity index (χ4n) is 2.38. The maximum absolute atomic E-state index is 5.86. The van der Waals surface area contributed by atoms with Gasteiger partial charge in [-0.15, -0.1) is 0 Å². The fourth-order valence-corrected chi connectivity index (χ4v) is 3.05. The van der Waals surface area contributed by atoms with Gasteiger partial charge in [-0.25, -0.2) is 0 Å². The lowest BCUT2D eigenvalue weighted by molar-refractivity contribution is 0.0695. The lowest BCUT2D eigenvalue weighted by Gasteiger charge is -1.98. The predicted octanol–water partition coefficient (Wildman–Crippen LogP) is 6.75. The highest BCUT2D eigenvalue weighted by atomic mass is 32.1. The SMILES string of the molecule is c1ccc2oocc(-c3cccc4ccccc4os3)ccc2c1. The Labute approximate surface area is 142 Å². The third-order valence-corrected chi connectivity index (χ3v) is 4.44. The van der Waals surface area contributed by atoms with Crippen LogP contribution in [0, 0.1) is 0 Å². The quantitative estimate of drug-likeness (QED) is 0.361. The zero-order chi connectivity index (χ0) is 16.2. The van der Waals surface area contributed by atoms with E-state index in [0.717, 1.165) is 26.8 Å². The van der Waals surface area contributed by atoms with E-state index in [0.29, 0.717) is 5.58 Å². The molecule has 0 aliphatic heterocycles. The predicted molar refractivity (Wildman–Crippen MR) is 96.8 cm³/mol. The van der Waals surface area contributed by atoms with E-state index in [-0.39, 0.29) is 0 Å². The van der Waals surface area contributed by atoms with Crippen LogP contribution in [0.15, 0.2) is 98.1 Å². The van der Waals surface area contributed by atoms with Gasteiger partial charge in [0.25, 0.3) is 0 Å². The van der Waals surface area contributed by atoms with Crippen molar-refractivity contribution >= 4 is 33.6 Å². The van der Waals surface area contributed by atoms with Gasteiger partial charge in [-0.1, -0.05) is 54.6 Å². The van der Waals surface area contributed by atoms with Gasteiger partial charge in [0.05, 0.1) is 4.88 Å². The number of para-hydroxylation sites is 2. The van der Waals surface area contributed by atoms with Crippen LogP contribution < -0.4 is 0 Å². The lowest BCUT2D eigenvalue weighted by atomic mass is 10.2. The van der Waals surface area contributed by atoms with Crippen LogP contribution in [0.2, 0.25) is 0 Å². The first-order chi connectivity index (χ1) is 11.9. The van der Waals surface area contributed by atoms with Gasteiger partial charge in [0, 0.05) is 28.0 Å². The van der Waals surface area contributed by atoms with Crippen LogP contribution in [0.1, 0.15) is 0 Å². The van der Waals surface area contributed by atoms with Crippen molar-refractivity contribution in [3.63, 3.8) is 0 Å². The number of hydrogen-bond donors (Lipinski definition) is 0. The third-order valence-electron chi connectivity index (χ3n) is 3.62. The molecule has 0 spiro atoms. The van der Waals surface area contributed by atoms with Gasteiger partial charge < -0.3 is 3.85 Å². The van der Waals surface area contributed by atoms with Crippen LogP contribution in [0.3, 0.4) is 0 Å². The van der Waals surface area contributed by atoms with Gasteiger partial charge in [-0.2, -0.15) is 0 Å². The highest BCUT2D eigenvalue weighted by Crippen LogP contribution is 2.24. The van der Waals surface area contributed by atoms with Crippen LogP contribution in [0.4, 0.5) is 0 Å². The van der Waals surface area contributed by atoms with Crippen molar-refractivity contribution in [2.24, 2.45) is 0 Å². The van der Waals surface area contributed by atoms with Gasteiger partial charge in [0.15, 0.2) is 17.4 Å². The molecule has 0 unspecified atom stereocenters. The number of fused-ring (bicyclic) bond motifs is 2. The molecule has 0 aliphatic carbocycles. The second-order valence-electron chi connectivity index (χ2n) is 5.22. The molecule has 2 aromatic heterocycles. The molecule has 0 aliphatic rings. The Hall–Kier alpha value is -2.98. The monoisotopic (exact) mass is 334 g/mol. The van der Waals surface area contributed by atoms with Crippen LogP contribution in [0.5, 0.6) is 0 Å². The molecule has 0 saturated heterocycles. The van der Waals surface area contributed by atoms with E-state index in [1.54, 1.807) is 6.26 Å². The van der Waals surface area contributed by atoms with E-state index >= 15 is 0 Å². The molecule has 0 amide bonds. The second kappa shape index (κ2) is 6.64. The first-order valence-corrected chi connectivity index (χ1v) is 8.27. The Bertz CT molecular complexity index is 990. The zero-order valence-electron chi connectivity index (χ0n) is 12.7. The number of hydrogen-bond acceptors (Lipinski definition) is 4. The van der Waals surface area contributed by atoms with E-state index in [4.69, 9.17) is 13.0 Å². The van der Waals surface area contributed by atoms with E-state index in [1.807, 2.05) is 78.9 Å². The van der Waals surface area contributed by atoms with E-state index in [9.17, 15) is 0 Å². The van der Waals surface area contributed by atoms with E-state index in [2.05, 4.69) is 0 Å². The molecule has 3 nitrogen and oxygen atoms in total. The van der Waals surface area contributed by atoms with Crippen molar-refractivity contribution in [1.29, 1.82) is 0 Å². The average Bonchev–Trinajstić information content (AvgIpc) is 2.57. The summed E-state index contributed by atoms with van der Waals surface area (Å²) in [5, 5.41) is 2.01. The first kappa shape index (κ1) is 14.6. The highest BCUT2D eigenvalue weighted by Gasteiger charge is 1.99. The maximum Gasteiger partial charge on any atom is 0.185 e. The summed E-state index contributed by atoms with van der Waals surface area (Å²) in [7, 11) is 0. The van der Waals surface area contributed by atoms with Gasteiger partial charge in [0.1, 0.15) is 0 Å². The molecule has 0 radical (unpaired) electrons. The Morgan fingerprint density at radius 1 is 0.625 bits per heavy atom. The third kappa shape index (κ3) is 3.05. The second-order valence-corrected chi connectivity index (χ2v) is 5.99. The summed E-state index contributed by atoms with van der Waals surface area (Å²) < 4.78 is 16.5. The van der Waals surface area contributed by atoms with Gasteiger partial charge in [0.2, 0.25) is 0 Å². The van der Waals surface area contributed by atoms with Crippen molar-refractivity contribution in [3.05, 3.63) is 85.1 Å². The highest BCUT2D eigenvalue weighted by molar-refractivity contribution is 7.06. The zero-order valence-corrected chi connectivity index (χ0v) is 13.5. The Morgan fingerprint density at radius 3 is 2.21 bits per heavy atom. The molecule has 4 rings (SSSR count). The summed E-state index contributed by atoms with van der Waals surface area (Å²) in [5.41, 5.74) is 2.40. The molecule has 4 heteroatoms. The molecular formula is C20H14O3S. The molecule has 2 aromatic carbocycles. The molecule has 0 bridgehead atoms. The van der Waals surface area contributed by atoms with Gasteiger partial charge >= 0.3 is 0 Å². The van der Waals surface area contributed by atoms with Crippen molar-refractivity contribution in [2.45, 2.75) is 0 Å². The smallest absolute Gasteiger partial charge is 0.185 e. The maximum atomic E-state index is 5.86. The topological polar surface area (TPSA) is 39.4 Å². The van der Waals surface area contributed by atoms with Gasteiger partial charge in [-0.3, -0.25) is 9.15 Å². The normalized spacial score (nSPS) is 10.5. The molecule has 118 valence electrons. The summed E-state index contributed by atoms with van der Waals surface area (Å²) in [4.78, 5) is 0.931. The number of rotatable bonds is 1. The van der Waals surface area contributed by atoms with Gasteiger partial charge in [-0.05, 0) is 24.3 Å². The number of benzene rings is 2. The molecule has 24 heavy (non-hydrogen) atoms. The van der Waals surface area contributed by atoms with Crippen LogP contribution >= 0.6 is 11.6 Å². The average molecular weight is 334 g/mol. The Kier molecular flexibility index (Phi) is 4.04. The van der Waals surface area contributed by atoms with E-state index < -0.39 is 0 Å². The minimum Gasteiger partial charge on any atom is -0.401 e. The molecular weight excluding hydrogens is 320 g/mol. The van der Waals surface area contributed by atoms with E-state index in [1.165, 1.54) is 11.6 Å². The van der Waals surface area contributed by atoms with Crippen molar-refractivity contribution in [3.8, 4) is 10.4 Å². The molecule has 0 saturated carbocycles. The fraction of sp³-hybridized carbons (Fsp3) is 0. The van der Waals surface area contributed by atoms with Crippen molar-refractivity contribution in [2.75, 3.05) is 0 Å². The summed E-state index contributed by atoms with van der Waals surface area (Å²) in [6.07, 6.45) is 1.58. The summed E-state index contributed by atoms with van der Waals surface area (Å²) >= 11 is 1.30. The molecule has 0 N–H and O–H groups in total. The van der Waals surface area contributed by atoms with Crippen LogP contribution in [-0.4, -0.2) is 0 Å². The van der Waals surface area contributed by atoms with Crippen LogP contribution in [-0.2, 0) is 0 Å².